The minimum Gasteiger partial charge on any atom is -0.293 e. The van der Waals surface area contributed by atoms with Gasteiger partial charge in [-0.05, 0) is 18.6 Å². The summed E-state index contributed by atoms with van der Waals surface area (Å²) in [6.45, 7) is 2.91. The molecule has 0 radical (unpaired) electrons. The van der Waals surface area contributed by atoms with Crippen LogP contribution in [0.15, 0.2) is 35.4 Å². The average molecular weight is 290 g/mol. The molecular formula is C13H12ClN5O. The quantitative estimate of drug-likeness (QED) is 0.736. The van der Waals surface area contributed by atoms with Gasteiger partial charge in [-0.15, -0.1) is 5.10 Å². The lowest BCUT2D eigenvalue weighted by molar-refractivity contribution is 0.640. The first kappa shape index (κ1) is 12.8. The van der Waals surface area contributed by atoms with Crippen LogP contribution in [-0.4, -0.2) is 24.5 Å². The summed E-state index contributed by atoms with van der Waals surface area (Å²) in [7, 11) is 0. The van der Waals surface area contributed by atoms with E-state index in [9.17, 15) is 4.79 Å². The molecule has 3 rings (SSSR count). The first-order valence-electron chi connectivity index (χ1n) is 6.22. The Bertz CT molecular complexity index is 823. The van der Waals surface area contributed by atoms with Crippen LogP contribution in [0.3, 0.4) is 0 Å². The Hall–Kier alpha value is -2.21. The van der Waals surface area contributed by atoms with E-state index in [1.54, 1.807) is 10.7 Å². The number of hydrogen-bond acceptors (Lipinski definition) is 4. The van der Waals surface area contributed by atoms with Crippen LogP contribution in [0.1, 0.15) is 12.5 Å². The van der Waals surface area contributed by atoms with Crippen molar-refractivity contribution in [3.05, 3.63) is 51.5 Å². The van der Waals surface area contributed by atoms with Gasteiger partial charge in [-0.3, -0.25) is 9.36 Å². The Balaban J connectivity index is 2.07. The lowest BCUT2D eigenvalue weighted by Gasteiger charge is -2.06. The molecule has 102 valence electrons. The van der Waals surface area contributed by atoms with Crippen molar-refractivity contribution < 1.29 is 0 Å². The number of rotatable bonds is 3. The van der Waals surface area contributed by atoms with Gasteiger partial charge in [-0.25, -0.2) is 9.67 Å². The maximum Gasteiger partial charge on any atom is 0.283 e. The van der Waals surface area contributed by atoms with Crippen LogP contribution in [-0.2, 0) is 13.1 Å². The molecule has 0 saturated carbocycles. The van der Waals surface area contributed by atoms with Gasteiger partial charge in [0, 0.05) is 11.6 Å². The first-order valence-corrected chi connectivity index (χ1v) is 6.60. The number of benzene rings is 1. The fourth-order valence-electron chi connectivity index (χ4n) is 2.02. The summed E-state index contributed by atoms with van der Waals surface area (Å²) in [5.74, 6) is 0. The molecule has 0 amide bonds. The smallest absolute Gasteiger partial charge is 0.283 e. The molecule has 0 aliphatic carbocycles. The summed E-state index contributed by atoms with van der Waals surface area (Å²) < 4.78 is 3.08. The van der Waals surface area contributed by atoms with Crippen molar-refractivity contribution in [2.45, 2.75) is 20.0 Å². The minimum atomic E-state index is -0.213. The summed E-state index contributed by atoms with van der Waals surface area (Å²) in [5.41, 5.74) is 1.43. The molecule has 0 spiro atoms. The van der Waals surface area contributed by atoms with Crippen LogP contribution < -0.4 is 5.56 Å². The van der Waals surface area contributed by atoms with Gasteiger partial charge in [-0.2, -0.15) is 0 Å². The molecule has 0 bridgehead atoms. The summed E-state index contributed by atoms with van der Waals surface area (Å²) >= 11 is 6.10. The Morgan fingerprint density at radius 3 is 2.85 bits per heavy atom. The second-order valence-electron chi connectivity index (χ2n) is 4.35. The number of nitrogens with zero attached hydrogens (tertiary/aromatic N) is 5. The van der Waals surface area contributed by atoms with Gasteiger partial charge in [0.25, 0.3) is 5.56 Å². The van der Waals surface area contributed by atoms with E-state index < -0.39 is 0 Å². The number of halogens is 1. The van der Waals surface area contributed by atoms with Crippen LogP contribution in [0.2, 0.25) is 5.02 Å². The molecule has 0 unspecified atom stereocenters. The first-order chi connectivity index (χ1) is 9.70. The topological polar surface area (TPSA) is 65.6 Å². The molecule has 0 saturated heterocycles. The molecule has 7 heteroatoms. The SMILES string of the molecule is CCn1nnc2c(=O)n(Cc3ccccc3Cl)cnc21. The van der Waals surface area contributed by atoms with Crippen molar-refractivity contribution in [2.24, 2.45) is 0 Å². The van der Waals surface area contributed by atoms with Crippen LogP contribution in [0.5, 0.6) is 0 Å². The van der Waals surface area contributed by atoms with E-state index >= 15 is 0 Å². The number of fused-ring (bicyclic) bond motifs is 1. The second kappa shape index (κ2) is 5.05. The highest BCUT2D eigenvalue weighted by molar-refractivity contribution is 6.31. The number of aromatic nitrogens is 5. The fourth-order valence-corrected chi connectivity index (χ4v) is 2.22. The second-order valence-corrected chi connectivity index (χ2v) is 4.75. The van der Waals surface area contributed by atoms with Crippen LogP contribution in [0, 0.1) is 0 Å². The molecule has 0 atom stereocenters. The van der Waals surface area contributed by atoms with Gasteiger partial charge in [-0.1, -0.05) is 35.0 Å². The Labute approximate surface area is 119 Å². The Morgan fingerprint density at radius 1 is 1.30 bits per heavy atom. The van der Waals surface area contributed by atoms with E-state index in [1.165, 1.54) is 10.9 Å². The van der Waals surface area contributed by atoms with Gasteiger partial charge in [0.05, 0.1) is 6.54 Å². The molecule has 0 fully saturated rings. The molecule has 2 aromatic heterocycles. The van der Waals surface area contributed by atoms with E-state index in [1.807, 2.05) is 25.1 Å². The molecule has 1 aromatic carbocycles. The normalized spacial score (nSPS) is 11.1. The van der Waals surface area contributed by atoms with E-state index in [2.05, 4.69) is 15.3 Å². The standard InChI is InChI=1S/C13H12ClN5O/c1-2-19-12-11(16-17-19)13(20)18(8-15-12)7-9-5-3-4-6-10(9)14/h3-6,8H,2,7H2,1H3. The average Bonchev–Trinajstić information content (AvgIpc) is 2.88. The van der Waals surface area contributed by atoms with E-state index in [4.69, 9.17) is 11.6 Å². The summed E-state index contributed by atoms with van der Waals surface area (Å²) in [6.07, 6.45) is 1.50. The molecule has 0 N–H and O–H groups in total. The maximum atomic E-state index is 12.3. The van der Waals surface area contributed by atoms with Crippen molar-refractivity contribution in [1.82, 2.24) is 24.5 Å². The fraction of sp³-hybridized carbons (Fsp3) is 0.231. The van der Waals surface area contributed by atoms with Gasteiger partial charge in [0.15, 0.2) is 11.2 Å². The molecule has 6 nitrogen and oxygen atoms in total. The van der Waals surface area contributed by atoms with E-state index in [0.717, 1.165) is 5.56 Å². The zero-order valence-electron chi connectivity index (χ0n) is 10.8. The van der Waals surface area contributed by atoms with Crippen LogP contribution in [0.25, 0.3) is 11.2 Å². The Morgan fingerprint density at radius 2 is 2.10 bits per heavy atom. The van der Waals surface area contributed by atoms with Crippen molar-refractivity contribution >= 4 is 22.8 Å². The predicted molar refractivity (Wildman–Crippen MR) is 75.8 cm³/mol. The van der Waals surface area contributed by atoms with Crippen LogP contribution in [0.4, 0.5) is 0 Å². The van der Waals surface area contributed by atoms with Gasteiger partial charge in [0.2, 0.25) is 0 Å². The largest absolute Gasteiger partial charge is 0.293 e. The van der Waals surface area contributed by atoms with Crippen molar-refractivity contribution in [3.8, 4) is 0 Å². The highest BCUT2D eigenvalue weighted by Gasteiger charge is 2.11. The molecule has 3 aromatic rings. The van der Waals surface area contributed by atoms with E-state index in [0.29, 0.717) is 23.8 Å². The van der Waals surface area contributed by atoms with Crippen molar-refractivity contribution in [3.63, 3.8) is 0 Å². The van der Waals surface area contributed by atoms with Gasteiger partial charge in [0.1, 0.15) is 6.33 Å². The highest BCUT2D eigenvalue weighted by Crippen LogP contribution is 2.15. The Kier molecular flexibility index (Phi) is 3.23. The maximum absolute atomic E-state index is 12.3. The molecule has 0 aliphatic heterocycles. The third-order valence-electron chi connectivity index (χ3n) is 3.09. The molecular weight excluding hydrogens is 278 g/mol. The van der Waals surface area contributed by atoms with Gasteiger partial charge < -0.3 is 0 Å². The predicted octanol–water partition coefficient (Wildman–Crippen LogP) is 1.71. The zero-order chi connectivity index (χ0) is 14.1. The summed E-state index contributed by atoms with van der Waals surface area (Å²) in [6, 6.07) is 7.40. The number of aryl methyl sites for hydroxylation is 1. The van der Waals surface area contributed by atoms with Crippen molar-refractivity contribution in [2.75, 3.05) is 0 Å². The number of hydrogen-bond donors (Lipinski definition) is 0. The molecule has 20 heavy (non-hydrogen) atoms. The third kappa shape index (κ3) is 2.08. The van der Waals surface area contributed by atoms with Gasteiger partial charge >= 0.3 is 0 Å². The monoisotopic (exact) mass is 289 g/mol. The zero-order valence-corrected chi connectivity index (χ0v) is 11.6. The minimum absolute atomic E-state index is 0.213. The van der Waals surface area contributed by atoms with E-state index in [-0.39, 0.29) is 11.1 Å². The highest BCUT2D eigenvalue weighted by atomic mass is 35.5. The summed E-state index contributed by atoms with van der Waals surface area (Å²) in [4.78, 5) is 16.6. The van der Waals surface area contributed by atoms with Crippen LogP contribution >= 0.6 is 11.6 Å². The lowest BCUT2D eigenvalue weighted by Crippen LogP contribution is -2.21. The summed E-state index contributed by atoms with van der Waals surface area (Å²) in [5, 5.41) is 8.42. The third-order valence-corrected chi connectivity index (χ3v) is 3.46. The lowest BCUT2D eigenvalue weighted by atomic mass is 10.2. The van der Waals surface area contributed by atoms with Crippen molar-refractivity contribution in [1.29, 1.82) is 0 Å². The molecule has 2 heterocycles. The molecule has 0 aliphatic rings.